The first-order valence-corrected chi connectivity index (χ1v) is 4.85. The van der Waals surface area contributed by atoms with E-state index >= 15 is 0 Å². The van der Waals surface area contributed by atoms with Crippen molar-refractivity contribution >= 4 is 6.29 Å². The van der Waals surface area contributed by atoms with E-state index < -0.39 is 0 Å². The van der Waals surface area contributed by atoms with Crippen LogP contribution in [0.25, 0.3) is 0 Å². The summed E-state index contributed by atoms with van der Waals surface area (Å²) >= 11 is 0. The van der Waals surface area contributed by atoms with E-state index in [4.69, 9.17) is 4.52 Å². The second kappa shape index (κ2) is 5.37. The van der Waals surface area contributed by atoms with Gasteiger partial charge in [0.05, 0.1) is 11.3 Å². The highest BCUT2D eigenvalue weighted by Gasteiger charge is 2.09. The second-order valence-corrected chi connectivity index (χ2v) is 3.18. The molecule has 76 valence electrons. The van der Waals surface area contributed by atoms with Gasteiger partial charge in [0.1, 0.15) is 5.76 Å². The lowest BCUT2D eigenvalue weighted by Gasteiger charge is -1.89. The average molecular weight is 193 g/mol. The Morgan fingerprint density at radius 1 is 1.43 bits per heavy atom. The number of hydrogen-bond donors (Lipinski definition) is 0. The second-order valence-electron chi connectivity index (χ2n) is 3.18. The van der Waals surface area contributed by atoms with E-state index in [0.717, 1.165) is 24.8 Å². The third-order valence-electron chi connectivity index (χ3n) is 2.03. The number of nitrogens with zero attached hydrogens (tertiary/aromatic N) is 1. The smallest absolute Gasteiger partial charge is 0.155 e. The average Bonchev–Trinajstić information content (AvgIpc) is 2.54. The molecule has 0 aliphatic carbocycles. The third kappa shape index (κ3) is 2.55. The van der Waals surface area contributed by atoms with Gasteiger partial charge in [-0.05, 0) is 13.3 Å². The molecule has 0 atom stereocenters. The van der Waals surface area contributed by atoms with E-state index in [1.165, 1.54) is 0 Å². The number of unbranched alkanes of at least 4 members (excludes halogenated alkanes) is 1. The normalized spacial score (nSPS) is 11.0. The molecule has 0 bridgehead atoms. The van der Waals surface area contributed by atoms with Crippen molar-refractivity contribution in [1.29, 1.82) is 0 Å². The zero-order valence-electron chi connectivity index (χ0n) is 8.62. The quantitative estimate of drug-likeness (QED) is 0.533. The first kappa shape index (κ1) is 10.7. The van der Waals surface area contributed by atoms with Crippen LogP contribution >= 0.6 is 0 Å². The van der Waals surface area contributed by atoms with Gasteiger partial charge in [-0.3, -0.25) is 4.79 Å². The Labute approximate surface area is 83.8 Å². The standard InChI is InChI=1S/C11H15NO2/c1-3-4-5-6-7-11-10(8-13)9(2)14-12-11/h5-6,8H,3-4,7H2,1-2H3/b6-5-. The van der Waals surface area contributed by atoms with Crippen LogP contribution in [0.15, 0.2) is 16.7 Å². The lowest BCUT2D eigenvalue weighted by Crippen LogP contribution is -1.89. The van der Waals surface area contributed by atoms with Crippen LogP contribution in [0.2, 0.25) is 0 Å². The van der Waals surface area contributed by atoms with E-state index in [1.54, 1.807) is 6.92 Å². The summed E-state index contributed by atoms with van der Waals surface area (Å²) in [5.74, 6) is 0.596. The van der Waals surface area contributed by atoms with E-state index in [-0.39, 0.29) is 0 Å². The molecule has 0 aliphatic heterocycles. The van der Waals surface area contributed by atoms with Crippen LogP contribution in [0.5, 0.6) is 0 Å². The molecular weight excluding hydrogens is 178 g/mol. The minimum Gasteiger partial charge on any atom is -0.361 e. The summed E-state index contributed by atoms with van der Waals surface area (Å²) < 4.78 is 4.93. The molecule has 0 aromatic carbocycles. The Bertz CT molecular complexity index is 326. The van der Waals surface area contributed by atoms with Gasteiger partial charge in [-0.25, -0.2) is 0 Å². The number of hydrogen-bond acceptors (Lipinski definition) is 3. The van der Waals surface area contributed by atoms with Crippen LogP contribution in [-0.2, 0) is 6.42 Å². The maximum absolute atomic E-state index is 10.7. The first-order chi connectivity index (χ1) is 6.79. The van der Waals surface area contributed by atoms with Gasteiger partial charge < -0.3 is 4.52 Å². The van der Waals surface area contributed by atoms with Gasteiger partial charge in [-0.2, -0.15) is 0 Å². The molecule has 0 spiro atoms. The van der Waals surface area contributed by atoms with Crippen LogP contribution in [-0.4, -0.2) is 11.4 Å². The molecular formula is C11H15NO2. The molecule has 0 unspecified atom stereocenters. The zero-order valence-corrected chi connectivity index (χ0v) is 8.62. The molecule has 3 nitrogen and oxygen atoms in total. The number of aromatic nitrogens is 1. The molecule has 14 heavy (non-hydrogen) atoms. The third-order valence-corrected chi connectivity index (χ3v) is 2.03. The Hall–Kier alpha value is -1.38. The molecule has 1 aromatic heterocycles. The predicted molar refractivity (Wildman–Crippen MR) is 54.4 cm³/mol. The van der Waals surface area contributed by atoms with Crippen LogP contribution < -0.4 is 0 Å². The maximum atomic E-state index is 10.7. The summed E-state index contributed by atoms with van der Waals surface area (Å²) in [4.78, 5) is 10.7. The number of aryl methyl sites for hydroxylation is 1. The fourth-order valence-corrected chi connectivity index (χ4v) is 1.20. The molecule has 3 heteroatoms. The van der Waals surface area contributed by atoms with Gasteiger partial charge in [-0.1, -0.05) is 30.7 Å². The Morgan fingerprint density at radius 3 is 2.86 bits per heavy atom. The van der Waals surface area contributed by atoms with Crippen molar-refractivity contribution in [2.75, 3.05) is 0 Å². The lowest BCUT2D eigenvalue weighted by atomic mass is 10.1. The number of carbonyl (C=O) groups excluding carboxylic acids is 1. The number of rotatable bonds is 5. The maximum Gasteiger partial charge on any atom is 0.155 e. The molecule has 0 saturated carbocycles. The molecule has 0 N–H and O–H groups in total. The largest absolute Gasteiger partial charge is 0.361 e. The van der Waals surface area contributed by atoms with E-state index in [2.05, 4.69) is 18.2 Å². The Kier molecular flexibility index (Phi) is 4.11. The van der Waals surface area contributed by atoms with E-state index in [0.29, 0.717) is 17.7 Å². The van der Waals surface area contributed by atoms with Crippen molar-refractivity contribution < 1.29 is 9.32 Å². The molecule has 0 amide bonds. The molecule has 0 radical (unpaired) electrons. The highest BCUT2D eigenvalue weighted by atomic mass is 16.5. The summed E-state index contributed by atoms with van der Waals surface area (Å²) in [6.07, 6.45) is 7.79. The Balaban J connectivity index is 2.62. The van der Waals surface area contributed by atoms with Gasteiger partial charge in [0.2, 0.25) is 0 Å². The summed E-state index contributed by atoms with van der Waals surface area (Å²) in [7, 11) is 0. The van der Waals surface area contributed by atoms with Gasteiger partial charge in [0.25, 0.3) is 0 Å². The van der Waals surface area contributed by atoms with Crippen molar-refractivity contribution in [2.24, 2.45) is 0 Å². The topological polar surface area (TPSA) is 43.1 Å². The van der Waals surface area contributed by atoms with Crippen LogP contribution in [0.1, 0.15) is 41.6 Å². The minimum atomic E-state index is 0.589. The number of carbonyl (C=O) groups is 1. The zero-order chi connectivity index (χ0) is 10.4. The molecule has 1 aromatic rings. The monoisotopic (exact) mass is 193 g/mol. The molecule has 0 aliphatic rings. The Morgan fingerprint density at radius 2 is 2.21 bits per heavy atom. The van der Waals surface area contributed by atoms with Crippen LogP contribution in [0.4, 0.5) is 0 Å². The van der Waals surface area contributed by atoms with Gasteiger partial charge in [0.15, 0.2) is 6.29 Å². The summed E-state index contributed by atoms with van der Waals surface area (Å²) in [6, 6.07) is 0. The van der Waals surface area contributed by atoms with Crippen LogP contribution in [0, 0.1) is 6.92 Å². The van der Waals surface area contributed by atoms with Crippen molar-refractivity contribution in [2.45, 2.75) is 33.1 Å². The van der Waals surface area contributed by atoms with Gasteiger partial charge in [-0.15, -0.1) is 0 Å². The highest BCUT2D eigenvalue weighted by molar-refractivity contribution is 5.77. The highest BCUT2D eigenvalue weighted by Crippen LogP contribution is 2.11. The van der Waals surface area contributed by atoms with Crippen molar-refractivity contribution in [3.8, 4) is 0 Å². The fraction of sp³-hybridized carbons (Fsp3) is 0.455. The van der Waals surface area contributed by atoms with Crippen molar-refractivity contribution in [3.63, 3.8) is 0 Å². The fourth-order valence-electron chi connectivity index (χ4n) is 1.20. The summed E-state index contributed by atoms with van der Waals surface area (Å²) in [5, 5.41) is 3.83. The molecule has 1 heterocycles. The van der Waals surface area contributed by atoms with Crippen molar-refractivity contribution in [1.82, 2.24) is 5.16 Å². The number of allylic oxidation sites excluding steroid dienone is 2. The molecule has 0 fully saturated rings. The van der Waals surface area contributed by atoms with E-state index in [9.17, 15) is 4.79 Å². The molecule has 1 rings (SSSR count). The summed E-state index contributed by atoms with van der Waals surface area (Å²) in [6.45, 7) is 3.87. The first-order valence-electron chi connectivity index (χ1n) is 4.85. The molecule has 0 saturated heterocycles. The minimum absolute atomic E-state index is 0.589. The lowest BCUT2D eigenvalue weighted by molar-refractivity contribution is 0.112. The number of aldehydes is 1. The van der Waals surface area contributed by atoms with Crippen molar-refractivity contribution in [3.05, 3.63) is 29.2 Å². The van der Waals surface area contributed by atoms with E-state index in [1.807, 2.05) is 6.08 Å². The van der Waals surface area contributed by atoms with Gasteiger partial charge >= 0.3 is 0 Å². The van der Waals surface area contributed by atoms with Gasteiger partial charge in [0, 0.05) is 6.42 Å². The summed E-state index contributed by atoms with van der Waals surface area (Å²) in [5.41, 5.74) is 1.32. The SMILES string of the molecule is CCC/C=C\Cc1noc(C)c1C=O. The predicted octanol–water partition coefficient (Wildman–Crippen LogP) is 2.69. The van der Waals surface area contributed by atoms with Crippen LogP contribution in [0.3, 0.4) is 0 Å².